The molecule has 0 spiro atoms. The molecule has 0 radical (unpaired) electrons. The van der Waals surface area contributed by atoms with Crippen LogP contribution in [0.3, 0.4) is 0 Å². The number of aliphatic carboxylic acids is 1. The van der Waals surface area contributed by atoms with Crippen molar-refractivity contribution in [2.75, 3.05) is 19.6 Å². The van der Waals surface area contributed by atoms with Gasteiger partial charge < -0.3 is 10.0 Å². The van der Waals surface area contributed by atoms with E-state index in [0.29, 0.717) is 5.92 Å². The summed E-state index contributed by atoms with van der Waals surface area (Å²) in [6, 6.07) is -0.0731. The highest BCUT2D eigenvalue weighted by Gasteiger charge is 2.36. The zero-order valence-electron chi connectivity index (χ0n) is 11.6. The number of tetrazole rings is 1. The van der Waals surface area contributed by atoms with Crippen molar-refractivity contribution in [2.45, 2.75) is 44.6 Å². The van der Waals surface area contributed by atoms with Crippen LogP contribution in [-0.2, 0) is 11.2 Å². The molecule has 1 aromatic heterocycles. The molecule has 2 heterocycles. The van der Waals surface area contributed by atoms with Crippen molar-refractivity contribution in [3.63, 3.8) is 0 Å². The summed E-state index contributed by atoms with van der Waals surface area (Å²) in [5.41, 5.74) is 0. The second kappa shape index (κ2) is 5.87. The van der Waals surface area contributed by atoms with Crippen LogP contribution in [0.15, 0.2) is 0 Å². The molecule has 1 aliphatic carbocycles. The lowest BCUT2D eigenvalue weighted by Gasteiger charge is -2.17. The summed E-state index contributed by atoms with van der Waals surface area (Å²) in [6.45, 7) is 3.27. The molecule has 7 nitrogen and oxygen atoms in total. The SMILES string of the molecule is O=C(O)CC(C1CC1)n1nnnc1CCN1CCCC1. The van der Waals surface area contributed by atoms with Gasteiger partial charge in [0.15, 0.2) is 5.82 Å². The standard InChI is InChI=1S/C13H21N5O2/c19-13(20)9-11(10-3-4-10)18-12(14-15-16-18)5-8-17-6-1-2-7-17/h10-11H,1-9H2,(H,19,20). The van der Waals surface area contributed by atoms with Gasteiger partial charge in [-0.25, -0.2) is 4.68 Å². The number of aromatic nitrogens is 4. The Morgan fingerprint density at radius 3 is 2.75 bits per heavy atom. The third kappa shape index (κ3) is 3.15. The van der Waals surface area contributed by atoms with Crippen LogP contribution in [0, 0.1) is 5.92 Å². The molecule has 1 unspecified atom stereocenters. The Bertz CT molecular complexity index is 465. The van der Waals surface area contributed by atoms with Gasteiger partial charge in [-0.15, -0.1) is 5.10 Å². The summed E-state index contributed by atoms with van der Waals surface area (Å²) in [5.74, 6) is 0.484. The highest BCUT2D eigenvalue weighted by Crippen LogP contribution is 2.41. The van der Waals surface area contributed by atoms with E-state index in [1.165, 1.54) is 12.8 Å². The molecule has 3 rings (SSSR count). The molecular weight excluding hydrogens is 258 g/mol. The number of likely N-dealkylation sites (tertiary alicyclic amines) is 1. The molecule has 2 fully saturated rings. The molecule has 20 heavy (non-hydrogen) atoms. The molecule has 1 atom stereocenters. The minimum absolute atomic E-state index is 0.0731. The van der Waals surface area contributed by atoms with Gasteiger partial charge in [0, 0.05) is 13.0 Å². The van der Waals surface area contributed by atoms with Gasteiger partial charge in [0.05, 0.1) is 12.5 Å². The molecule has 0 amide bonds. The summed E-state index contributed by atoms with van der Waals surface area (Å²) < 4.78 is 1.77. The molecule has 1 aromatic rings. The van der Waals surface area contributed by atoms with Crippen molar-refractivity contribution >= 4 is 5.97 Å². The lowest BCUT2D eigenvalue weighted by molar-refractivity contribution is -0.138. The molecule has 1 N–H and O–H groups in total. The third-order valence-corrected chi connectivity index (χ3v) is 4.28. The number of rotatable bonds is 7. The smallest absolute Gasteiger partial charge is 0.305 e. The average molecular weight is 279 g/mol. The molecule has 1 aliphatic heterocycles. The van der Waals surface area contributed by atoms with Crippen molar-refractivity contribution in [3.8, 4) is 0 Å². The highest BCUT2D eigenvalue weighted by molar-refractivity contribution is 5.67. The van der Waals surface area contributed by atoms with Crippen LogP contribution in [-0.4, -0.2) is 55.8 Å². The topological polar surface area (TPSA) is 84.1 Å². The molecule has 0 bridgehead atoms. The number of carboxylic acid groups (broad SMARTS) is 1. The molecule has 1 saturated heterocycles. The fourth-order valence-corrected chi connectivity index (χ4v) is 3.01. The van der Waals surface area contributed by atoms with Crippen molar-refractivity contribution in [3.05, 3.63) is 5.82 Å². The molecule has 1 saturated carbocycles. The van der Waals surface area contributed by atoms with Crippen molar-refractivity contribution in [1.82, 2.24) is 25.1 Å². The van der Waals surface area contributed by atoms with Crippen LogP contribution in [0.1, 0.15) is 44.0 Å². The zero-order valence-corrected chi connectivity index (χ0v) is 11.6. The highest BCUT2D eigenvalue weighted by atomic mass is 16.4. The Morgan fingerprint density at radius 2 is 2.10 bits per heavy atom. The Kier molecular flexibility index (Phi) is 3.95. The van der Waals surface area contributed by atoms with Gasteiger partial charge in [0.2, 0.25) is 0 Å². The van der Waals surface area contributed by atoms with Crippen molar-refractivity contribution in [2.24, 2.45) is 5.92 Å². The Hall–Kier alpha value is -1.50. The van der Waals surface area contributed by atoms with Gasteiger partial charge >= 0.3 is 5.97 Å². The lowest BCUT2D eigenvalue weighted by atomic mass is 10.1. The summed E-state index contributed by atoms with van der Waals surface area (Å²) in [6.07, 6.45) is 5.64. The van der Waals surface area contributed by atoms with Crippen LogP contribution in [0.25, 0.3) is 0 Å². The molecule has 7 heteroatoms. The molecule has 0 aromatic carbocycles. The number of carbonyl (C=O) groups is 1. The molecule has 2 aliphatic rings. The third-order valence-electron chi connectivity index (χ3n) is 4.28. The van der Waals surface area contributed by atoms with Gasteiger partial charge in [-0.1, -0.05) is 0 Å². The average Bonchev–Trinajstić information content (AvgIpc) is 2.94. The minimum Gasteiger partial charge on any atom is -0.481 e. The van der Waals surface area contributed by atoms with Gasteiger partial charge in [0.25, 0.3) is 0 Å². The van der Waals surface area contributed by atoms with E-state index in [1.54, 1.807) is 4.68 Å². The summed E-state index contributed by atoms with van der Waals surface area (Å²) in [7, 11) is 0. The number of hydrogen-bond acceptors (Lipinski definition) is 5. The predicted octanol–water partition coefficient (Wildman–Crippen LogP) is 0.737. The largest absolute Gasteiger partial charge is 0.481 e. The van der Waals surface area contributed by atoms with Gasteiger partial charge in [0.1, 0.15) is 0 Å². The van der Waals surface area contributed by atoms with E-state index in [2.05, 4.69) is 20.4 Å². The molecular formula is C13H21N5O2. The van der Waals surface area contributed by atoms with E-state index in [1.807, 2.05) is 0 Å². The van der Waals surface area contributed by atoms with Gasteiger partial charge in [-0.2, -0.15) is 0 Å². The minimum atomic E-state index is -0.775. The first-order valence-electron chi connectivity index (χ1n) is 7.45. The van der Waals surface area contributed by atoms with Crippen LogP contribution in [0.4, 0.5) is 0 Å². The predicted molar refractivity (Wildman–Crippen MR) is 71.2 cm³/mol. The van der Waals surface area contributed by atoms with E-state index >= 15 is 0 Å². The Labute approximate surface area is 117 Å². The number of carboxylic acids is 1. The Balaban J connectivity index is 1.65. The maximum Gasteiger partial charge on any atom is 0.305 e. The van der Waals surface area contributed by atoms with E-state index in [4.69, 9.17) is 5.11 Å². The lowest BCUT2D eigenvalue weighted by Crippen LogP contribution is -2.25. The normalized spacial score (nSPS) is 21.2. The number of nitrogens with zero attached hydrogens (tertiary/aromatic N) is 5. The quantitative estimate of drug-likeness (QED) is 0.792. The van der Waals surface area contributed by atoms with E-state index in [0.717, 1.165) is 44.7 Å². The fourth-order valence-electron chi connectivity index (χ4n) is 3.01. The first-order chi connectivity index (χ1) is 9.74. The van der Waals surface area contributed by atoms with Gasteiger partial charge in [-0.05, 0) is 55.1 Å². The van der Waals surface area contributed by atoms with Crippen LogP contribution >= 0.6 is 0 Å². The first-order valence-corrected chi connectivity index (χ1v) is 7.45. The fraction of sp³-hybridized carbons (Fsp3) is 0.846. The van der Waals surface area contributed by atoms with E-state index in [-0.39, 0.29) is 12.5 Å². The summed E-state index contributed by atoms with van der Waals surface area (Å²) >= 11 is 0. The Morgan fingerprint density at radius 1 is 1.35 bits per heavy atom. The number of hydrogen-bond donors (Lipinski definition) is 1. The maximum atomic E-state index is 11.0. The van der Waals surface area contributed by atoms with Crippen LogP contribution in [0.5, 0.6) is 0 Å². The van der Waals surface area contributed by atoms with Gasteiger partial charge in [-0.3, -0.25) is 4.79 Å². The second-order valence-electron chi connectivity index (χ2n) is 5.84. The van der Waals surface area contributed by atoms with E-state index < -0.39 is 5.97 Å². The van der Waals surface area contributed by atoms with Crippen LogP contribution in [0.2, 0.25) is 0 Å². The second-order valence-corrected chi connectivity index (χ2v) is 5.84. The van der Waals surface area contributed by atoms with Crippen molar-refractivity contribution < 1.29 is 9.90 Å². The van der Waals surface area contributed by atoms with Crippen LogP contribution < -0.4 is 0 Å². The summed E-state index contributed by atoms with van der Waals surface area (Å²) in [5, 5.41) is 21.0. The monoisotopic (exact) mass is 279 g/mol. The maximum absolute atomic E-state index is 11.0. The first kappa shape index (κ1) is 13.5. The summed E-state index contributed by atoms with van der Waals surface area (Å²) in [4.78, 5) is 13.4. The van der Waals surface area contributed by atoms with E-state index in [9.17, 15) is 4.79 Å². The molecule has 110 valence electrons. The zero-order chi connectivity index (χ0) is 13.9. The van der Waals surface area contributed by atoms with Crippen molar-refractivity contribution in [1.29, 1.82) is 0 Å².